The third-order valence-corrected chi connectivity index (χ3v) is 5.73. The number of hydrogen-bond acceptors (Lipinski definition) is 5. The van der Waals surface area contributed by atoms with Crippen LogP contribution in [0.4, 0.5) is 9.93 Å². The second kappa shape index (κ2) is 12.0. The lowest BCUT2D eigenvalue weighted by Crippen LogP contribution is -2.30. The molecule has 0 bridgehead atoms. The van der Waals surface area contributed by atoms with E-state index in [2.05, 4.69) is 58.9 Å². The van der Waals surface area contributed by atoms with Crippen molar-refractivity contribution in [2.24, 2.45) is 10.9 Å². The summed E-state index contributed by atoms with van der Waals surface area (Å²) in [5, 5.41) is 6.15. The predicted octanol–water partition coefficient (Wildman–Crippen LogP) is 6.56. The van der Waals surface area contributed by atoms with E-state index >= 15 is 0 Å². The number of rotatable bonds is 9. The van der Waals surface area contributed by atoms with Crippen molar-refractivity contribution in [3.8, 4) is 0 Å². The van der Waals surface area contributed by atoms with Crippen molar-refractivity contribution in [2.75, 3.05) is 19.0 Å². The number of urea groups is 1. The third kappa shape index (κ3) is 7.20. The van der Waals surface area contributed by atoms with Crippen LogP contribution >= 0.6 is 11.3 Å². The first kappa shape index (κ1) is 25.1. The van der Waals surface area contributed by atoms with Gasteiger partial charge in [0.1, 0.15) is 0 Å². The number of amides is 2. The lowest BCUT2D eigenvalue weighted by molar-refractivity contribution is 0.252. The number of nitrogens with zero attached hydrogens (tertiary/aromatic N) is 2. The molecule has 2 amide bonds. The minimum Gasteiger partial charge on any atom is -0.484 e. The molecular weight excluding hydrogens is 420 g/mol. The molecule has 0 atom stereocenters. The molecule has 0 spiro atoms. The summed E-state index contributed by atoms with van der Waals surface area (Å²) in [6, 6.07) is 5.71. The zero-order valence-corrected chi connectivity index (χ0v) is 20.3. The second-order valence-corrected chi connectivity index (χ2v) is 8.56. The van der Waals surface area contributed by atoms with Crippen LogP contribution in [0, 0.1) is 5.92 Å². The van der Waals surface area contributed by atoms with Crippen molar-refractivity contribution in [1.82, 2.24) is 10.3 Å². The Kier molecular flexibility index (Phi) is 9.40. The maximum Gasteiger partial charge on any atom is 0.321 e. The van der Waals surface area contributed by atoms with Gasteiger partial charge in [-0.15, -0.1) is 0 Å². The van der Waals surface area contributed by atoms with E-state index in [1.807, 2.05) is 39.0 Å². The van der Waals surface area contributed by atoms with Crippen molar-refractivity contribution < 1.29 is 9.53 Å². The number of hydrogen-bond donors (Lipinski definition) is 2. The van der Waals surface area contributed by atoms with Crippen LogP contribution in [0.5, 0.6) is 0 Å². The SMILES string of the molecule is C=C/C(=C\C(C)=C/C)c1ccc2nc(NC(=O)NCCC(=NC(=C)C(C)C)OC)sc2c1. The van der Waals surface area contributed by atoms with Crippen LogP contribution < -0.4 is 10.6 Å². The number of anilines is 1. The molecule has 7 heteroatoms. The van der Waals surface area contributed by atoms with Gasteiger partial charge in [-0.2, -0.15) is 0 Å². The molecule has 0 fully saturated rings. The fourth-order valence-corrected chi connectivity index (χ4v) is 3.56. The van der Waals surface area contributed by atoms with Crippen molar-refractivity contribution in [3.05, 3.63) is 66.4 Å². The Balaban J connectivity index is 2.02. The molecule has 2 rings (SSSR count). The summed E-state index contributed by atoms with van der Waals surface area (Å²) in [7, 11) is 1.56. The molecule has 2 aromatic rings. The van der Waals surface area contributed by atoms with E-state index in [9.17, 15) is 4.79 Å². The summed E-state index contributed by atoms with van der Waals surface area (Å²) < 4.78 is 6.26. The molecule has 32 heavy (non-hydrogen) atoms. The predicted molar refractivity (Wildman–Crippen MR) is 137 cm³/mol. The van der Waals surface area contributed by atoms with Crippen molar-refractivity contribution in [2.45, 2.75) is 34.1 Å². The molecule has 0 radical (unpaired) electrons. The van der Waals surface area contributed by atoms with Gasteiger partial charge >= 0.3 is 6.03 Å². The molecule has 0 unspecified atom stereocenters. The summed E-state index contributed by atoms with van der Waals surface area (Å²) in [4.78, 5) is 21.1. The molecule has 0 aliphatic heterocycles. The molecule has 170 valence electrons. The van der Waals surface area contributed by atoms with Crippen LogP contribution in [0.2, 0.25) is 0 Å². The van der Waals surface area contributed by atoms with E-state index in [4.69, 9.17) is 4.74 Å². The Morgan fingerprint density at radius 1 is 1.38 bits per heavy atom. The number of allylic oxidation sites excluding steroid dienone is 6. The van der Waals surface area contributed by atoms with Gasteiger partial charge in [0.25, 0.3) is 0 Å². The molecule has 0 saturated carbocycles. The highest BCUT2D eigenvalue weighted by Gasteiger charge is 2.10. The molecule has 6 nitrogen and oxygen atoms in total. The maximum absolute atomic E-state index is 12.3. The number of methoxy groups -OCH3 is 1. The van der Waals surface area contributed by atoms with Crippen molar-refractivity contribution >= 4 is 44.2 Å². The standard InChI is InChI=1S/C25H32N4O2S/c1-8-17(5)14-19(9-2)20-10-11-21-22(15-20)32-25(28-21)29-24(30)26-13-12-23(31-7)27-18(6)16(3)4/h8-11,14-16H,2,6,12-13H2,1,3-5,7H3,(H2,26,28,29,30)/b17-8-,19-14+,27-23?. The normalized spacial score (nSPS) is 12.8. The highest BCUT2D eigenvalue weighted by Crippen LogP contribution is 2.29. The molecule has 1 aromatic carbocycles. The first-order valence-electron chi connectivity index (χ1n) is 10.5. The highest BCUT2D eigenvalue weighted by atomic mass is 32.1. The zero-order chi connectivity index (χ0) is 23.7. The average molecular weight is 453 g/mol. The Bertz CT molecular complexity index is 1080. The number of fused-ring (bicyclic) bond motifs is 1. The van der Waals surface area contributed by atoms with Gasteiger partial charge in [0, 0.05) is 18.7 Å². The number of ether oxygens (including phenoxy) is 1. The highest BCUT2D eigenvalue weighted by molar-refractivity contribution is 7.22. The van der Waals surface area contributed by atoms with Gasteiger partial charge in [-0.25, -0.2) is 14.8 Å². The lowest BCUT2D eigenvalue weighted by Gasteiger charge is -2.09. The largest absolute Gasteiger partial charge is 0.484 e. The quantitative estimate of drug-likeness (QED) is 0.257. The molecule has 0 saturated heterocycles. The van der Waals surface area contributed by atoms with Crippen molar-refractivity contribution in [1.29, 1.82) is 0 Å². The van der Waals surface area contributed by atoms with Crippen LogP contribution in [-0.4, -0.2) is 30.6 Å². The first-order chi connectivity index (χ1) is 15.3. The fraction of sp³-hybridized carbons (Fsp3) is 0.320. The van der Waals surface area contributed by atoms with E-state index in [1.54, 1.807) is 7.11 Å². The molecule has 1 heterocycles. The number of thiazole rings is 1. The van der Waals surface area contributed by atoms with Crippen LogP contribution in [0.3, 0.4) is 0 Å². The minimum absolute atomic E-state index is 0.237. The molecule has 1 aromatic heterocycles. The summed E-state index contributed by atoms with van der Waals surface area (Å²) in [5.74, 6) is 0.775. The number of benzene rings is 1. The number of aromatic nitrogens is 1. The second-order valence-electron chi connectivity index (χ2n) is 7.52. The number of aliphatic imine (C=N–C) groups is 1. The van der Waals surface area contributed by atoms with E-state index in [0.717, 1.165) is 27.1 Å². The van der Waals surface area contributed by atoms with Gasteiger partial charge in [-0.3, -0.25) is 5.32 Å². The zero-order valence-electron chi connectivity index (χ0n) is 19.5. The van der Waals surface area contributed by atoms with E-state index in [1.165, 1.54) is 16.9 Å². The molecule has 0 aliphatic rings. The lowest BCUT2D eigenvalue weighted by atomic mass is 10.0. The Morgan fingerprint density at radius 3 is 2.75 bits per heavy atom. The molecular formula is C25H32N4O2S. The number of carbonyl (C=O) groups excluding carboxylic acids is 1. The Hall–Kier alpha value is -3.19. The smallest absolute Gasteiger partial charge is 0.321 e. The van der Waals surface area contributed by atoms with Gasteiger partial charge in [-0.1, -0.05) is 68.2 Å². The van der Waals surface area contributed by atoms with Gasteiger partial charge < -0.3 is 10.1 Å². The monoisotopic (exact) mass is 452 g/mol. The maximum atomic E-state index is 12.3. The summed E-state index contributed by atoms with van der Waals surface area (Å²) in [5.41, 5.74) is 4.84. The Labute approximate surface area is 194 Å². The van der Waals surface area contributed by atoms with Crippen LogP contribution in [0.15, 0.2) is 65.8 Å². The minimum atomic E-state index is -0.321. The van der Waals surface area contributed by atoms with Gasteiger partial charge in [0.2, 0.25) is 0 Å². The van der Waals surface area contributed by atoms with E-state index in [-0.39, 0.29) is 11.9 Å². The van der Waals surface area contributed by atoms with Gasteiger partial charge in [0.05, 0.1) is 17.3 Å². The van der Waals surface area contributed by atoms with Crippen LogP contribution in [0.25, 0.3) is 15.8 Å². The Morgan fingerprint density at radius 2 is 2.12 bits per heavy atom. The number of carbonyl (C=O) groups is 1. The fourth-order valence-electron chi connectivity index (χ4n) is 2.66. The third-order valence-electron chi connectivity index (χ3n) is 4.80. The number of nitrogens with one attached hydrogen (secondary N) is 2. The first-order valence-corrected chi connectivity index (χ1v) is 11.3. The average Bonchev–Trinajstić information content (AvgIpc) is 3.17. The van der Waals surface area contributed by atoms with E-state index in [0.29, 0.717) is 24.0 Å². The van der Waals surface area contributed by atoms with Crippen LogP contribution in [-0.2, 0) is 4.74 Å². The summed E-state index contributed by atoms with van der Waals surface area (Å²) in [6.45, 7) is 16.3. The topological polar surface area (TPSA) is 75.6 Å². The molecule has 2 N–H and O–H groups in total. The van der Waals surface area contributed by atoms with Crippen LogP contribution in [0.1, 0.15) is 39.7 Å². The van der Waals surface area contributed by atoms with Gasteiger partial charge in [-0.05, 0) is 43.0 Å². The summed E-state index contributed by atoms with van der Waals surface area (Å²) in [6.07, 6.45) is 6.46. The van der Waals surface area contributed by atoms with Crippen molar-refractivity contribution in [3.63, 3.8) is 0 Å². The molecule has 0 aliphatic carbocycles. The van der Waals surface area contributed by atoms with E-state index < -0.39 is 0 Å². The summed E-state index contributed by atoms with van der Waals surface area (Å²) >= 11 is 1.43. The van der Waals surface area contributed by atoms with Gasteiger partial charge in [0.15, 0.2) is 11.0 Å².